The van der Waals surface area contributed by atoms with E-state index in [1.165, 1.54) is 0 Å². The summed E-state index contributed by atoms with van der Waals surface area (Å²) in [5, 5.41) is 13.8. The second-order valence-corrected chi connectivity index (χ2v) is 4.27. The number of methoxy groups -OCH3 is 1. The minimum Gasteiger partial charge on any atom is -0.496 e. The Kier molecular flexibility index (Phi) is 3.16. The fraction of sp³-hybridized carbons (Fsp3) is 0.231. The van der Waals surface area contributed by atoms with E-state index in [1.807, 2.05) is 6.92 Å². The number of aromatic carboxylic acids is 1. The number of benzene rings is 1. The van der Waals surface area contributed by atoms with Gasteiger partial charge in [-0.15, -0.1) is 0 Å². The minimum absolute atomic E-state index is 0.135. The van der Waals surface area contributed by atoms with Crippen molar-refractivity contribution in [2.45, 2.75) is 13.8 Å². The number of aryl methyl sites for hydroxylation is 2. The first-order chi connectivity index (χ1) is 8.95. The van der Waals surface area contributed by atoms with Crippen molar-refractivity contribution in [3.05, 3.63) is 39.3 Å². The van der Waals surface area contributed by atoms with Gasteiger partial charge in [0.1, 0.15) is 5.75 Å². The first-order valence-electron chi connectivity index (χ1n) is 5.65. The highest BCUT2D eigenvalue weighted by molar-refractivity contribution is 5.94. The summed E-state index contributed by atoms with van der Waals surface area (Å²) in [7, 11) is 1.56. The Balaban J connectivity index is 2.73. The summed E-state index contributed by atoms with van der Waals surface area (Å²) in [6, 6.07) is 3.53. The summed E-state index contributed by atoms with van der Waals surface area (Å²) in [4.78, 5) is 22.9. The molecule has 3 N–H and O–H groups in total. The maximum atomic E-state index is 11.8. The second-order valence-electron chi connectivity index (χ2n) is 4.27. The van der Waals surface area contributed by atoms with Crippen LogP contribution < -0.4 is 10.3 Å². The molecule has 0 spiro atoms. The molecule has 0 unspecified atom stereocenters. The summed E-state index contributed by atoms with van der Waals surface area (Å²) in [5.74, 6) is -0.480. The lowest BCUT2D eigenvalue weighted by molar-refractivity contribution is 0.0691. The molecule has 0 fully saturated rings. The van der Waals surface area contributed by atoms with Gasteiger partial charge >= 0.3 is 5.97 Å². The molecular weight excluding hydrogens is 248 g/mol. The van der Waals surface area contributed by atoms with Crippen molar-refractivity contribution in [3.63, 3.8) is 0 Å². The van der Waals surface area contributed by atoms with Crippen LogP contribution in [0.5, 0.6) is 5.75 Å². The molecule has 0 radical (unpaired) electrons. The van der Waals surface area contributed by atoms with Gasteiger partial charge in [0, 0.05) is 0 Å². The molecule has 2 rings (SSSR count). The molecule has 0 saturated heterocycles. The summed E-state index contributed by atoms with van der Waals surface area (Å²) in [5.41, 5.74) is 1.73. The number of hydrogen-bond acceptors (Lipinski definition) is 3. The molecule has 1 aromatic carbocycles. The van der Waals surface area contributed by atoms with Crippen LogP contribution in [0.2, 0.25) is 0 Å². The quantitative estimate of drug-likeness (QED) is 0.784. The summed E-state index contributed by atoms with van der Waals surface area (Å²) in [6.07, 6.45) is 0. The summed E-state index contributed by atoms with van der Waals surface area (Å²) >= 11 is 0. The summed E-state index contributed by atoms with van der Waals surface area (Å²) < 4.78 is 5.20. The molecule has 1 heterocycles. The Morgan fingerprint density at radius 2 is 1.89 bits per heavy atom. The van der Waals surface area contributed by atoms with E-state index in [1.54, 1.807) is 26.2 Å². The maximum absolute atomic E-state index is 11.8. The van der Waals surface area contributed by atoms with Gasteiger partial charge in [-0.1, -0.05) is 0 Å². The van der Waals surface area contributed by atoms with Gasteiger partial charge in [-0.3, -0.25) is 15.0 Å². The highest BCUT2D eigenvalue weighted by Gasteiger charge is 2.20. The number of aromatic nitrogens is 2. The van der Waals surface area contributed by atoms with Crippen LogP contribution in [-0.2, 0) is 0 Å². The van der Waals surface area contributed by atoms with Gasteiger partial charge in [-0.25, -0.2) is 4.79 Å². The molecule has 0 saturated carbocycles. The first-order valence-corrected chi connectivity index (χ1v) is 5.65. The average Bonchev–Trinajstić information content (AvgIpc) is 2.73. The third-order valence-electron chi connectivity index (χ3n) is 3.00. The number of H-pyrrole nitrogens is 2. The molecule has 0 aliphatic carbocycles. The monoisotopic (exact) mass is 262 g/mol. The van der Waals surface area contributed by atoms with Crippen LogP contribution in [0, 0.1) is 13.8 Å². The zero-order valence-corrected chi connectivity index (χ0v) is 10.8. The van der Waals surface area contributed by atoms with E-state index in [4.69, 9.17) is 9.84 Å². The summed E-state index contributed by atoms with van der Waals surface area (Å²) in [6.45, 7) is 3.64. The molecule has 0 atom stereocenters. The molecule has 0 amide bonds. The molecular formula is C13H14N2O4. The third-order valence-corrected chi connectivity index (χ3v) is 3.00. The number of rotatable bonds is 3. The number of ether oxygens (including phenoxy) is 1. The molecule has 0 aliphatic rings. The van der Waals surface area contributed by atoms with Gasteiger partial charge in [-0.05, 0) is 42.7 Å². The van der Waals surface area contributed by atoms with Crippen LogP contribution in [0.4, 0.5) is 0 Å². The van der Waals surface area contributed by atoms with Crippen LogP contribution in [0.15, 0.2) is 16.9 Å². The number of carbonyl (C=O) groups is 1. The Labute approximate surface area is 109 Å². The van der Waals surface area contributed by atoms with Crippen molar-refractivity contribution in [2.75, 3.05) is 7.11 Å². The van der Waals surface area contributed by atoms with Crippen LogP contribution in [0.3, 0.4) is 0 Å². The number of carboxylic acids is 1. The molecule has 19 heavy (non-hydrogen) atoms. The lowest BCUT2D eigenvalue weighted by atomic mass is 9.98. The van der Waals surface area contributed by atoms with Crippen LogP contribution in [0.25, 0.3) is 11.1 Å². The molecule has 0 bridgehead atoms. The zero-order chi connectivity index (χ0) is 14.2. The Hall–Kier alpha value is -2.50. The predicted octanol–water partition coefficient (Wildman–Crippen LogP) is 1.69. The van der Waals surface area contributed by atoms with E-state index in [9.17, 15) is 9.59 Å². The number of carboxylic acid groups (broad SMARTS) is 1. The minimum atomic E-state index is -1.18. The Morgan fingerprint density at radius 1 is 1.21 bits per heavy atom. The average molecular weight is 262 g/mol. The molecule has 0 aliphatic heterocycles. The lowest BCUT2D eigenvalue weighted by Crippen LogP contribution is -2.06. The molecule has 6 heteroatoms. The van der Waals surface area contributed by atoms with Crippen LogP contribution >= 0.6 is 0 Å². The lowest BCUT2D eigenvalue weighted by Gasteiger charge is -2.10. The van der Waals surface area contributed by atoms with Gasteiger partial charge in [0.25, 0.3) is 5.56 Å². The maximum Gasteiger partial charge on any atom is 0.354 e. The standard InChI is InChI=1S/C13H14N2O4/c1-6-5-9(19-3)7(2)4-8(6)10-11(13(17)18)14-15-12(10)16/h4-5H,1-3H3,(H,17,18)(H2,14,15,16). The Bertz CT molecular complexity index is 697. The normalized spacial score (nSPS) is 10.5. The van der Waals surface area contributed by atoms with Crippen molar-refractivity contribution < 1.29 is 14.6 Å². The van der Waals surface area contributed by atoms with Crippen LogP contribution in [0.1, 0.15) is 21.6 Å². The van der Waals surface area contributed by atoms with Crippen molar-refractivity contribution in [1.82, 2.24) is 10.2 Å². The van der Waals surface area contributed by atoms with E-state index in [2.05, 4.69) is 10.2 Å². The smallest absolute Gasteiger partial charge is 0.354 e. The molecule has 6 nitrogen and oxygen atoms in total. The fourth-order valence-corrected chi connectivity index (χ4v) is 2.05. The van der Waals surface area contributed by atoms with Crippen molar-refractivity contribution in [1.29, 1.82) is 0 Å². The van der Waals surface area contributed by atoms with Gasteiger partial charge < -0.3 is 9.84 Å². The fourth-order valence-electron chi connectivity index (χ4n) is 2.05. The van der Waals surface area contributed by atoms with E-state index in [0.717, 1.165) is 11.1 Å². The molecule has 1 aromatic heterocycles. The zero-order valence-electron chi connectivity index (χ0n) is 10.8. The molecule has 2 aromatic rings. The SMILES string of the molecule is COc1cc(C)c(-c2c(C(=O)O)[nH][nH]c2=O)cc1C. The third kappa shape index (κ3) is 2.12. The first kappa shape index (κ1) is 12.9. The largest absolute Gasteiger partial charge is 0.496 e. The Morgan fingerprint density at radius 3 is 2.47 bits per heavy atom. The van der Waals surface area contributed by atoms with Gasteiger partial charge in [0.05, 0.1) is 12.7 Å². The topological polar surface area (TPSA) is 95.2 Å². The number of hydrogen-bond donors (Lipinski definition) is 3. The second kappa shape index (κ2) is 4.64. The van der Waals surface area contributed by atoms with Crippen LogP contribution in [-0.4, -0.2) is 28.4 Å². The van der Waals surface area contributed by atoms with Gasteiger partial charge in [-0.2, -0.15) is 0 Å². The predicted molar refractivity (Wildman–Crippen MR) is 69.8 cm³/mol. The van der Waals surface area contributed by atoms with E-state index < -0.39 is 11.5 Å². The van der Waals surface area contributed by atoms with E-state index >= 15 is 0 Å². The van der Waals surface area contributed by atoms with E-state index in [-0.39, 0.29) is 11.3 Å². The van der Waals surface area contributed by atoms with Crippen molar-refractivity contribution in [2.24, 2.45) is 0 Å². The van der Waals surface area contributed by atoms with Gasteiger partial charge in [0.2, 0.25) is 0 Å². The highest BCUT2D eigenvalue weighted by Crippen LogP contribution is 2.29. The number of aromatic amines is 2. The van der Waals surface area contributed by atoms with Crippen molar-refractivity contribution >= 4 is 5.97 Å². The highest BCUT2D eigenvalue weighted by atomic mass is 16.5. The van der Waals surface area contributed by atoms with E-state index in [0.29, 0.717) is 11.3 Å². The van der Waals surface area contributed by atoms with Gasteiger partial charge in [0.15, 0.2) is 5.69 Å². The van der Waals surface area contributed by atoms with Crippen molar-refractivity contribution in [3.8, 4) is 16.9 Å². The molecule has 100 valence electrons. The number of nitrogens with one attached hydrogen (secondary N) is 2.